The predicted molar refractivity (Wildman–Crippen MR) is 112 cm³/mol. The molecule has 28 heavy (non-hydrogen) atoms. The fraction of sp³-hybridized carbons (Fsp3) is 0.318. The fourth-order valence-electron chi connectivity index (χ4n) is 3.56. The summed E-state index contributed by atoms with van der Waals surface area (Å²) in [5.74, 6) is 0.689. The zero-order valence-corrected chi connectivity index (χ0v) is 16.1. The quantitative estimate of drug-likeness (QED) is 0.742. The van der Waals surface area contributed by atoms with Crippen LogP contribution < -0.4 is 10.2 Å². The third-order valence-electron chi connectivity index (χ3n) is 5.23. The molecule has 0 unspecified atom stereocenters. The third kappa shape index (κ3) is 3.97. The lowest BCUT2D eigenvalue weighted by molar-refractivity contribution is 0.0950. The highest BCUT2D eigenvalue weighted by Gasteiger charge is 2.21. The van der Waals surface area contributed by atoms with Gasteiger partial charge >= 0.3 is 0 Å². The first-order chi connectivity index (χ1) is 13.7. The number of nitrogens with one attached hydrogen (secondary N) is 1. The maximum Gasteiger partial charge on any atom is 0.272 e. The summed E-state index contributed by atoms with van der Waals surface area (Å²) >= 11 is 0. The number of aromatic nitrogens is 2. The Labute approximate surface area is 165 Å². The molecule has 6 heteroatoms. The second-order valence-corrected chi connectivity index (χ2v) is 7.20. The van der Waals surface area contributed by atoms with Crippen molar-refractivity contribution in [3.63, 3.8) is 0 Å². The molecule has 0 radical (unpaired) electrons. The maximum absolute atomic E-state index is 12.7. The van der Waals surface area contributed by atoms with E-state index < -0.39 is 0 Å². The van der Waals surface area contributed by atoms with Gasteiger partial charge in [0.15, 0.2) is 11.5 Å². The largest absolute Gasteiger partial charge is 0.352 e. The summed E-state index contributed by atoms with van der Waals surface area (Å²) in [5, 5.41) is 13.6. The molecule has 3 aromatic rings. The molecule has 0 bridgehead atoms. The minimum absolute atomic E-state index is 0.176. The predicted octanol–water partition coefficient (Wildman–Crippen LogP) is 2.35. The summed E-state index contributed by atoms with van der Waals surface area (Å²) < 4.78 is 0. The summed E-state index contributed by atoms with van der Waals surface area (Å²) in [6.07, 6.45) is 0.789. The molecule has 1 N–H and O–H groups in total. The van der Waals surface area contributed by atoms with E-state index in [0.29, 0.717) is 12.2 Å². The first-order valence-corrected chi connectivity index (χ1v) is 9.73. The second kappa shape index (κ2) is 8.35. The van der Waals surface area contributed by atoms with Crippen molar-refractivity contribution in [2.45, 2.75) is 6.42 Å². The van der Waals surface area contributed by atoms with Crippen LogP contribution in [0.3, 0.4) is 0 Å². The van der Waals surface area contributed by atoms with Gasteiger partial charge in [0.05, 0.1) is 0 Å². The van der Waals surface area contributed by atoms with Crippen LogP contribution in [0, 0.1) is 0 Å². The van der Waals surface area contributed by atoms with E-state index in [1.807, 2.05) is 42.5 Å². The first kappa shape index (κ1) is 18.4. The molecule has 0 aliphatic carbocycles. The average molecular weight is 375 g/mol. The number of nitrogens with zero attached hydrogens (tertiary/aromatic N) is 4. The standard InChI is InChI=1S/C22H25N5O/c1-26-13-15-27(16-14-26)21-19-10-6-5-9-18(19)20(24-25-21)22(28)23-12-11-17-7-3-2-4-8-17/h2-10H,11-16H2,1H3,(H,23,28). The molecule has 0 saturated carbocycles. The van der Waals surface area contributed by atoms with E-state index in [2.05, 4.69) is 44.5 Å². The number of amides is 1. The van der Waals surface area contributed by atoms with Gasteiger partial charge in [-0.1, -0.05) is 54.6 Å². The Bertz CT molecular complexity index is 952. The van der Waals surface area contributed by atoms with E-state index in [1.54, 1.807) is 0 Å². The Morgan fingerprint density at radius 3 is 2.36 bits per heavy atom. The van der Waals surface area contributed by atoms with E-state index in [-0.39, 0.29) is 5.91 Å². The highest BCUT2D eigenvalue weighted by atomic mass is 16.1. The van der Waals surface area contributed by atoms with Gasteiger partial charge < -0.3 is 15.1 Å². The van der Waals surface area contributed by atoms with Crippen LogP contribution in [0.5, 0.6) is 0 Å². The molecule has 2 aromatic carbocycles. The van der Waals surface area contributed by atoms with Crippen molar-refractivity contribution in [2.75, 3.05) is 44.7 Å². The Morgan fingerprint density at radius 2 is 1.61 bits per heavy atom. The van der Waals surface area contributed by atoms with Crippen molar-refractivity contribution >= 4 is 22.5 Å². The first-order valence-electron chi connectivity index (χ1n) is 9.73. The summed E-state index contributed by atoms with van der Waals surface area (Å²) in [7, 11) is 2.13. The van der Waals surface area contributed by atoms with Gasteiger partial charge in [0.2, 0.25) is 0 Å². The lowest BCUT2D eigenvalue weighted by atomic mass is 10.1. The minimum atomic E-state index is -0.176. The molecule has 1 fully saturated rings. The molecule has 1 aliphatic rings. The van der Waals surface area contributed by atoms with Crippen molar-refractivity contribution in [1.29, 1.82) is 0 Å². The van der Waals surface area contributed by atoms with E-state index >= 15 is 0 Å². The number of piperazine rings is 1. The van der Waals surface area contributed by atoms with Gasteiger partial charge in [0.25, 0.3) is 5.91 Å². The van der Waals surface area contributed by atoms with Crippen molar-refractivity contribution in [1.82, 2.24) is 20.4 Å². The zero-order valence-electron chi connectivity index (χ0n) is 16.1. The monoisotopic (exact) mass is 375 g/mol. The van der Waals surface area contributed by atoms with Gasteiger partial charge in [-0.15, -0.1) is 10.2 Å². The topological polar surface area (TPSA) is 61.4 Å². The molecule has 0 atom stereocenters. The fourth-order valence-corrected chi connectivity index (χ4v) is 3.56. The number of hydrogen-bond acceptors (Lipinski definition) is 5. The van der Waals surface area contributed by atoms with E-state index in [1.165, 1.54) is 5.56 Å². The Balaban J connectivity index is 1.53. The van der Waals surface area contributed by atoms with Gasteiger partial charge in [-0.25, -0.2) is 0 Å². The average Bonchev–Trinajstić information content (AvgIpc) is 2.74. The van der Waals surface area contributed by atoms with Gasteiger partial charge in [0, 0.05) is 43.5 Å². The van der Waals surface area contributed by atoms with Crippen LogP contribution in [0.1, 0.15) is 16.1 Å². The minimum Gasteiger partial charge on any atom is -0.352 e. The van der Waals surface area contributed by atoms with E-state index in [9.17, 15) is 4.79 Å². The maximum atomic E-state index is 12.7. The molecule has 1 saturated heterocycles. The number of carbonyl (C=O) groups excluding carboxylic acids is 1. The van der Waals surface area contributed by atoms with Crippen LogP contribution in [0.25, 0.3) is 10.8 Å². The lowest BCUT2D eigenvalue weighted by Crippen LogP contribution is -2.45. The molecule has 6 nitrogen and oxygen atoms in total. The zero-order chi connectivity index (χ0) is 19.3. The number of rotatable bonds is 5. The summed E-state index contributed by atoms with van der Waals surface area (Å²) in [4.78, 5) is 17.3. The molecule has 1 aliphatic heterocycles. The third-order valence-corrected chi connectivity index (χ3v) is 5.23. The van der Waals surface area contributed by atoms with Crippen molar-refractivity contribution in [3.8, 4) is 0 Å². The van der Waals surface area contributed by atoms with Crippen molar-refractivity contribution < 1.29 is 4.79 Å². The molecule has 4 rings (SSSR count). The van der Waals surface area contributed by atoms with Crippen LogP contribution in [-0.4, -0.2) is 60.8 Å². The Hall–Kier alpha value is -2.99. The normalized spacial score (nSPS) is 15.0. The van der Waals surface area contributed by atoms with Gasteiger partial charge in [-0.05, 0) is 19.0 Å². The smallest absolute Gasteiger partial charge is 0.272 e. The van der Waals surface area contributed by atoms with Crippen molar-refractivity contribution in [2.24, 2.45) is 0 Å². The number of benzene rings is 2. The van der Waals surface area contributed by atoms with E-state index in [4.69, 9.17) is 0 Å². The second-order valence-electron chi connectivity index (χ2n) is 7.20. The van der Waals surface area contributed by atoms with Gasteiger partial charge in [-0.3, -0.25) is 4.79 Å². The Kier molecular flexibility index (Phi) is 5.48. The summed E-state index contributed by atoms with van der Waals surface area (Å²) in [6, 6.07) is 18.0. The van der Waals surface area contributed by atoms with Gasteiger partial charge in [-0.2, -0.15) is 0 Å². The van der Waals surface area contributed by atoms with Crippen LogP contribution in [-0.2, 0) is 6.42 Å². The highest BCUT2D eigenvalue weighted by Crippen LogP contribution is 2.26. The number of anilines is 1. The highest BCUT2D eigenvalue weighted by molar-refractivity contribution is 6.07. The molecule has 0 spiro atoms. The lowest BCUT2D eigenvalue weighted by Gasteiger charge is -2.33. The number of hydrogen-bond donors (Lipinski definition) is 1. The molecule has 1 amide bonds. The van der Waals surface area contributed by atoms with Crippen LogP contribution in [0.2, 0.25) is 0 Å². The molecule has 2 heterocycles. The number of likely N-dealkylation sites (N-methyl/N-ethyl adjacent to an activating group) is 1. The summed E-state index contributed by atoms with van der Waals surface area (Å²) in [6.45, 7) is 4.39. The SMILES string of the molecule is CN1CCN(c2nnc(C(=O)NCCc3ccccc3)c3ccccc23)CC1. The molecular formula is C22H25N5O. The molecule has 1 aromatic heterocycles. The van der Waals surface area contributed by atoms with E-state index in [0.717, 1.165) is 49.2 Å². The summed E-state index contributed by atoms with van der Waals surface area (Å²) in [5.41, 5.74) is 1.59. The molecular weight excluding hydrogens is 350 g/mol. The van der Waals surface area contributed by atoms with Crippen LogP contribution >= 0.6 is 0 Å². The van der Waals surface area contributed by atoms with Gasteiger partial charge in [0.1, 0.15) is 0 Å². The van der Waals surface area contributed by atoms with Crippen molar-refractivity contribution in [3.05, 3.63) is 65.9 Å². The number of fused-ring (bicyclic) bond motifs is 1. The molecule has 144 valence electrons. The van der Waals surface area contributed by atoms with Crippen LogP contribution in [0.15, 0.2) is 54.6 Å². The Morgan fingerprint density at radius 1 is 0.929 bits per heavy atom. The van der Waals surface area contributed by atoms with Crippen LogP contribution in [0.4, 0.5) is 5.82 Å². The number of carbonyl (C=O) groups is 1.